The number of aldehydes is 1. The Morgan fingerprint density at radius 2 is 2.35 bits per heavy atom. The maximum atomic E-state index is 10.9. The van der Waals surface area contributed by atoms with Crippen molar-refractivity contribution in [2.45, 2.75) is 39.5 Å². The van der Waals surface area contributed by atoms with Crippen LogP contribution in [0.2, 0.25) is 0 Å². The highest BCUT2D eigenvalue weighted by atomic mass is 32.1. The number of thiazole rings is 1. The zero-order valence-electron chi connectivity index (χ0n) is 10.6. The molecule has 94 valence electrons. The molecule has 1 aromatic heterocycles. The molecule has 0 spiro atoms. The third-order valence-corrected chi connectivity index (χ3v) is 4.50. The van der Waals surface area contributed by atoms with E-state index in [1.165, 1.54) is 19.3 Å². The Bertz CT molecular complexity index is 389. The molecular formula is C13H20N2OS. The standard InChI is InChI=1S/C13H20N2OS/c1-3-5-10-6-7-15(8-10)13-14-11(4-2)12(9-16)17-13/h9-10H,3-8H2,1-2H3. The van der Waals surface area contributed by atoms with Crippen LogP contribution in [0, 0.1) is 5.92 Å². The van der Waals surface area contributed by atoms with Crippen LogP contribution in [0.4, 0.5) is 5.13 Å². The van der Waals surface area contributed by atoms with Gasteiger partial charge in [0.05, 0.1) is 10.6 Å². The van der Waals surface area contributed by atoms with Crippen LogP contribution < -0.4 is 4.90 Å². The summed E-state index contributed by atoms with van der Waals surface area (Å²) < 4.78 is 0. The Morgan fingerprint density at radius 3 is 2.94 bits per heavy atom. The predicted octanol–water partition coefficient (Wildman–Crippen LogP) is 3.14. The monoisotopic (exact) mass is 252 g/mol. The number of hydrogen-bond donors (Lipinski definition) is 0. The summed E-state index contributed by atoms with van der Waals surface area (Å²) in [5.74, 6) is 0.814. The van der Waals surface area contributed by atoms with Crippen molar-refractivity contribution in [2.24, 2.45) is 5.92 Å². The minimum atomic E-state index is 0.807. The first-order valence-electron chi connectivity index (χ1n) is 6.48. The molecule has 1 aliphatic heterocycles. The van der Waals surface area contributed by atoms with Crippen molar-refractivity contribution < 1.29 is 4.79 Å². The summed E-state index contributed by atoms with van der Waals surface area (Å²) in [6, 6.07) is 0. The summed E-state index contributed by atoms with van der Waals surface area (Å²) in [5, 5.41) is 1.04. The lowest BCUT2D eigenvalue weighted by atomic mass is 10.0. The molecule has 0 radical (unpaired) electrons. The fourth-order valence-electron chi connectivity index (χ4n) is 2.48. The molecule has 1 saturated heterocycles. The van der Waals surface area contributed by atoms with E-state index in [1.807, 2.05) is 0 Å². The second kappa shape index (κ2) is 5.63. The molecule has 0 aliphatic carbocycles. The summed E-state index contributed by atoms with van der Waals surface area (Å²) in [4.78, 5) is 18.7. The number of hydrogen-bond acceptors (Lipinski definition) is 4. The minimum absolute atomic E-state index is 0.807. The molecule has 17 heavy (non-hydrogen) atoms. The molecule has 2 rings (SSSR count). The van der Waals surface area contributed by atoms with Gasteiger partial charge in [0, 0.05) is 13.1 Å². The summed E-state index contributed by atoms with van der Waals surface area (Å²) in [6.07, 6.45) is 5.63. The number of carbonyl (C=O) groups is 1. The molecule has 1 atom stereocenters. The summed E-state index contributed by atoms with van der Waals surface area (Å²) in [7, 11) is 0. The molecule has 0 bridgehead atoms. The SMILES string of the molecule is CCCC1CCN(c2nc(CC)c(C=O)s2)C1. The van der Waals surface area contributed by atoms with Gasteiger partial charge in [0.25, 0.3) is 0 Å². The normalized spacial score (nSPS) is 19.9. The Labute approximate surface area is 107 Å². The number of rotatable bonds is 5. The highest BCUT2D eigenvalue weighted by Crippen LogP contribution is 2.31. The van der Waals surface area contributed by atoms with Crippen molar-refractivity contribution in [1.82, 2.24) is 4.98 Å². The van der Waals surface area contributed by atoms with E-state index >= 15 is 0 Å². The van der Waals surface area contributed by atoms with Gasteiger partial charge in [0.2, 0.25) is 0 Å². The molecular weight excluding hydrogens is 232 g/mol. The molecule has 4 heteroatoms. The van der Waals surface area contributed by atoms with E-state index in [-0.39, 0.29) is 0 Å². The van der Waals surface area contributed by atoms with E-state index in [0.717, 1.165) is 47.4 Å². The number of anilines is 1. The van der Waals surface area contributed by atoms with Crippen molar-refractivity contribution in [3.8, 4) is 0 Å². The van der Waals surface area contributed by atoms with Crippen molar-refractivity contribution in [2.75, 3.05) is 18.0 Å². The van der Waals surface area contributed by atoms with Crippen molar-refractivity contribution in [3.05, 3.63) is 10.6 Å². The van der Waals surface area contributed by atoms with Crippen molar-refractivity contribution in [3.63, 3.8) is 0 Å². The van der Waals surface area contributed by atoms with Gasteiger partial charge in [-0.15, -0.1) is 0 Å². The van der Waals surface area contributed by atoms with Gasteiger partial charge in [-0.2, -0.15) is 0 Å². The van der Waals surface area contributed by atoms with E-state index in [9.17, 15) is 4.79 Å². The molecule has 0 saturated carbocycles. The first-order valence-corrected chi connectivity index (χ1v) is 7.29. The van der Waals surface area contributed by atoms with Crippen LogP contribution >= 0.6 is 11.3 Å². The maximum Gasteiger partial charge on any atom is 0.186 e. The highest BCUT2D eigenvalue weighted by molar-refractivity contribution is 7.17. The number of nitrogens with zero attached hydrogens (tertiary/aromatic N) is 2. The topological polar surface area (TPSA) is 33.2 Å². The Balaban J connectivity index is 2.08. The summed E-state index contributed by atoms with van der Waals surface area (Å²) in [5.41, 5.74) is 0.957. The van der Waals surface area contributed by atoms with E-state index in [1.54, 1.807) is 11.3 Å². The molecule has 3 nitrogen and oxygen atoms in total. The molecule has 1 aliphatic rings. The highest BCUT2D eigenvalue weighted by Gasteiger charge is 2.24. The quantitative estimate of drug-likeness (QED) is 0.755. The molecule has 2 heterocycles. The van der Waals surface area contributed by atoms with E-state index in [4.69, 9.17) is 0 Å². The maximum absolute atomic E-state index is 10.9. The van der Waals surface area contributed by atoms with Crippen molar-refractivity contribution >= 4 is 22.8 Å². The van der Waals surface area contributed by atoms with Crippen LogP contribution in [0.1, 0.15) is 48.5 Å². The number of aryl methyl sites for hydroxylation is 1. The second-order valence-electron chi connectivity index (χ2n) is 4.67. The van der Waals surface area contributed by atoms with Crippen molar-refractivity contribution in [1.29, 1.82) is 0 Å². The second-order valence-corrected chi connectivity index (χ2v) is 5.68. The summed E-state index contributed by atoms with van der Waals surface area (Å²) in [6.45, 7) is 6.50. The first-order chi connectivity index (χ1) is 8.28. The van der Waals surface area contributed by atoms with E-state index < -0.39 is 0 Å². The van der Waals surface area contributed by atoms with Gasteiger partial charge in [-0.05, 0) is 25.2 Å². The van der Waals surface area contributed by atoms with Crippen LogP contribution in [-0.2, 0) is 6.42 Å². The lowest BCUT2D eigenvalue weighted by Gasteiger charge is -2.14. The molecule has 0 amide bonds. The average molecular weight is 252 g/mol. The predicted molar refractivity (Wildman–Crippen MR) is 72.1 cm³/mol. The van der Waals surface area contributed by atoms with E-state index in [0.29, 0.717) is 0 Å². The lowest BCUT2D eigenvalue weighted by molar-refractivity contribution is 0.112. The van der Waals surface area contributed by atoms with E-state index in [2.05, 4.69) is 23.7 Å². The van der Waals surface area contributed by atoms with Crippen LogP contribution in [0.5, 0.6) is 0 Å². The molecule has 1 aromatic rings. The minimum Gasteiger partial charge on any atom is -0.348 e. The molecule has 1 fully saturated rings. The lowest BCUT2D eigenvalue weighted by Crippen LogP contribution is -2.19. The molecule has 0 aromatic carbocycles. The van der Waals surface area contributed by atoms with Gasteiger partial charge >= 0.3 is 0 Å². The Hall–Kier alpha value is -0.900. The smallest absolute Gasteiger partial charge is 0.186 e. The fourth-order valence-corrected chi connectivity index (χ4v) is 3.48. The number of carbonyl (C=O) groups excluding carboxylic acids is 1. The average Bonchev–Trinajstić information content (AvgIpc) is 2.94. The molecule has 1 unspecified atom stereocenters. The third kappa shape index (κ3) is 2.68. The molecule has 0 N–H and O–H groups in total. The zero-order valence-corrected chi connectivity index (χ0v) is 11.4. The fraction of sp³-hybridized carbons (Fsp3) is 0.692. The van der Waals surface area contributed by atoms with Crippen LogP contribution in [0.25, 0.3) is 0 Å². The first kappa shape index (κ1) is 12.6. The zero-order chi connectivity index (χ0) is 12.3. The van der Waals surface area contributed by atoms with Crippen LogP contribution in [0.15, 0.2) is 0 Å². The van der Waals surface area contributed by atoms with Gasteiger partial charge in [0.1, 0.15) is 0 Å². The van der Waals surface area contributed by atoms with Gasteiger partial charge < -0.3 is 4.90 Å². The van der Waals surface area contributed by atoms with Gasteiger partial charge in [-0.3, -0.25) is 4.79 Å². The third-order valence-electron chi connectivity index (χ3n) is 3.41. The Morgan fingerprint density at radius 1 is 1.53 bits per heavy atom. The van der Waals surface area contributed by atoms with Gasteiger partial charge in [0.15, 0.2) is 11.4 Å². The summed E-state index contributed by atoms with van der Waals surface area (Å²) >= 11 is 1.55. The van der Waals surface area contributed by atoms with Gasteiger partial charge in [-0.25, -0.2) is 4.98 Å². The Kier molecular flexibility index (Phi) is 4.15. The van der Waals surface area contributed by atoms with Crippen LogP contribution in [-0.4, -0.2) is 24.4 Å². The number of aromatic nitrogens is 1. The van der Waals surface area contributed by atoms with Crippen LogP contribution in [0.3, 0.4) is 0 Å². The largest absolute Gasteiger partial charge is 0.348 e. The van der Waals surface area contributed by atoms with Gasteiger partial charge in [-0.1, -0.05) is 31.6 Å².